The first kappa shape index (κ1) is 19.7. The second-order valence-electron chi connectivity index (χ2n) is 5.38. The number of esters is 1. The number of ether oxygens (including phenoxy) is 2. The molecule has 2 aromatic rings. The number of methoxy groups -OCH3 is 1. The molecule has 2 aromatic carbocycles. The highest BCUT2D eigenvalue weighted by molar-refractivity contribution is 7.92. The highest BCUT2D eigenvalue weighted by Crippen LogP contribution is 2.26. The van der Waals surface area contributed by atoms with Crippen LogP contribution in [0.3, 0.4) is 0 Å². The minimum atomic E-state index is -4.08. The highest BCUT2D eigenvalue weighted by Gasteiger charge is 2.27. The zero-order chi connectivity index (χ0) is 19.2. The number of carbonyl (C=O) groups is 1. The molecule has 0 radical (unpaired) electrons. The second-order valence-corrected chi connectivity index (χ2v) is 7.25. The Labute approximate surface area is 152 Å². The Bertz CT molecular complexity index is 835. The molecule has 0 aromatic heterocycles. The fourth-order valence-corrected chi connectivity index (χ4v) is 3.57. The van der Waals surface area contributed by atoms with Crippen LogP contribution < -0.4 is 9.04 Å². The lowest BCUT2D eigenvalue weighted by Gasteiger charge is -2.23. The smallest absolute Gasteiger partial charge is 0.326 e. The molecule has 0 heterocycles. The predicted molar refractivity (Wildman–Crippen MR) is 95.2 cm³/mol. The fraction of sp³-hybridized carbons (Fsp3) is 0.278. The van der Waals surface area contributed by atoms with Crippen molar-refractivity contribution in [3.63, 3.8) is 0 Å². The van der Waals surface area contributed by atoms with Gasteiger partial charge in [0.05, 0.1) is 24.3 Å². The Morgan fingerprint density at radius 1 is 1.08 bits per heavy atom. The van der Waals surface area contributed by atoms with Crippen LogP contribution in [0.25, 0.3) is 0 Å². The van der Waals surface area contributed by atoms with E-state index in [9.17, 15) is 17.6 Å². The van der Waals surface area contributed by atoms with Crippen LogP contribution in [0.2, 0.25) is 0 Å². The minimum Gasteiger partial charge on any atom is -0.494 e. The maximum Gasteiger partial charge on any atom is 0.326 e. The SMILES string of the molecule is CCCOc1ccc(N(CC(=O)OC)S(=O)(=O)c2ccc(F)cc2)cc1. The van der Waals surface area contributed by atoms with Crippen LogP contribution in [0.5, 0.6) is 5.75 Å². The number of rotatable bonds is 8. The summed E-state index contributed by atoms with van der Waals surface area (Å²) in [6, 6.07) is 10.7. The first-order chi connectivity index (χ1) is 12.4. The van der Waals surface area contributed by atoms with Crippen LogP contribution >= 0.6 is 0 Å². The van der Waals surface area contributed by atoms with Gasteiger partial charge in [0.1, 0.15) is 18.1 Å². The van der Waals surface area contributed by atoms with Gasteiger partial charge in [-0.25, -0.2) is 12.8 Å². The van der Waals surface area contributed by atoms with Gasteiger partial charge >= 0.3 is 5.97 Å². The molecule has 0 bridgehead atoms. The molecule has 140 valence electrons. The van der Waals surface area contributed by atoms with Gasteiger partial charge in [0, 0.05) is 0 Å². The standard InChI is InChI=1S/C18H20FNO5S/c1-3-12-25-16-8-6-15(7-9-16)20(13-18(21)24-2)26(22,23)17-10-4-14(19)5-11-17/h4-11H,3,12-13H2,1-2H3. The number of nitrogens with zero attached hydrogens (tertiary/aromatic N) is 1. The molecule has 8 heteroatoms. The quantitative estimate of drug-likeness (QED) is 0.658. The molecule has 0 fully saturated rings. The van der Waals surface area contributed by atoms with E-state index in [0.29, 0.717) is 12.4 Å². The fourth-order valence-electron chi connectivity index (χ4n) is 2.16. The highest BCUT2D eigenvalue weighted by atomic mass is 32.2. The zero-order valence-electron chi connectivity index (χ0n) is 14.5. The molecule has 0 amide bonds. The Kier molecular flexibility index (Phi) is 6.57. The molecule has 0 unspecified atom stereocenters. The number of benzene rings is 2. The van der Waals surface area contributed by atoms with Crippen LogP contribution in [0.4, 0.5) is 10.1 Å². The third-order valence-electron chi connectivity index (χ3n) is 3.50. The molecule has 0 saturated carbocycles. The molecule has 0 N–H and O–H groups in total. The third-order valence-corrected chi connectivity index (χ3v) is 5.29. The number of carbonyl (C=O) groups excluding carboxylic acids is 1. The predicted octanol–water partition coefficient (Wildman–Crippen LogP) is 2.98. The second kappa shape index (κ2) is 8.66. The van der Waals surface area contributed by atoms with Gasteiger partial charge in [0.2, 0.25) is 0 Å². The molecular formula is C18H20FNO5S. The summed E-state index contributed by atoms with van der Waals surface area (Å²) in [4.78, 5) is 11.6. The van der Waals surface area contributed by atoms with Crippen molar-refractivity contribution in [3.8, 4) is 5.75 Å². The van der Waals surface area contributed by atoms with Crippen LogP contribution in [0.1, 0.15) is 13.3 Å². The maximum absolute atomic E-state index is 13.1. The Morgan fingerprint density at radius 2 is 1.69 bits per heavy atom. The number of halogens is 1. The van der Waals surface area contributed by atoms with Gasteiger partial charge in [0.15, 0.2) is 0 Å². The average molecular weight is 381 g/mol. The van der Waals surface area contributed by atoms with E-state index in [2.05, 4.69) is 4.74 Å². The van der Waals surface area contributed by atoms with Crippen molar-refractivity contribution in [2.24, 2.45) is 0 Å². The molecule has 0 aliphatic heterocycles. The van der Waals surface area contributed by atoms with Gasteiger partial charge in [0.25, 0.3) is 10.0 Å². The molecule has 2 rings (SSSR count). The molecule has 0 atom stereocenters. The summed E-state index contributed by atoms with van der Waals surface area (Å²) in [6.45, 7) is 2.01. The lowest BCUT2D eigenvalue weighted by atomic mass is 10.3. The number of anilines is 1. The Hall–Kier alpha value is -2.61. The summed E-state index contributed by atoms with van der Waals surface area (Å²) in [6.07, 6.45) is 0.842. The molecule has 0 aliphatic rings. The summed E-state index contributed by atoms with van der Waals surface area (Å²) in [5, 5.41) is 0. The van der Waals surface area contributed by atoms with Gasteiger partial charge in [-0.15, -0.1) is 0 Å². The third kappa shape index (κ3) is 4.72. The van der Waals surface area contributed by atoms with E-state index in [-0.39, 0.29) is 10.6 Å². The topological polar surface area (TPSA) is 72.9 Å². The molecule has 0 aliphatic carbocycles. The zero-order valence-corrected chi connectivity index (χ0v) is 15.3. The van der Waals surface area contributed by atoms with Gasteiger partial charge in [-0.1, -0.05) is 6.92 Å². The Balaban J connectivity index is 2.39. The van der Waals surface area contributed by atoms with Crippen LogP contribution in [-0.4, -0.2) is 34.6 Å². The van der Waals surface area contributed by atoms with E-state index in [1.165, 1.54) is 19.2 Å². The van der Waals surface area contributed by atoms with E-state index < -0.39 is 28.4 Å². The monoisotopic (exact) mass is 381 g/mol. The lowest BCUT2D eigenvalue weighted by molar-refractivity contribution is -0.138. The van der Waals surface area contributed by atoms with Crippen LogP contribution in [0.15, 0.2) is 53.4 Å². The largest absolute Gasteiger partial charge is 0.494 e. The lowest BCUT2D eigenvalue weighted by Crippen LogP contribution is -2.36. The van der Waals surface area contributed by atoms with Crippen molar-refractivity contribution in [2.75, 3.05) is 24.6 Å². The molecule has 6 nitrogen and oxygen atoms in total. The van der Waals surface area contributed by atoms with Crippen molar-refractivity contribution in [3.05, 3.63) is 54.3 Å². The molecule has 0 saturated heterocycles. The molecule has 0 spiro atoms. The van der Waals surface area contributed by atoms with Crippen LogP contribution in [0, 0.1) is 5.82 Å². The van der Waals surface area contributed by atoms with E-state index in [1.807, 2.05) is 6.92 Å². The number of hydrogen-bond donors (Lipinski definition) is 0. The summed E-state index contributed by atoms with van der Waals surface area (Å²) >= 11 is 0. The van der Waals surface area contributed by atoms with Gasteiger partial charge in [-0.2, -0.15) is 0 Å². The van der Waals surface area contributed by atoms with E-state index >= 15 is 0 Å². The van der Waals surface area contributed by atoms with Crippen molar-refractivity contribution in [1.29, 1.82) is 0 Å². The van der Waals surface area contributed by atoms with Crippen molar-refractivity contribution < 1.29 is 27.1 Å². The number of sulfonamides is 1. The van der Waals surface area contributed by atoms with E-state index in [4.69, 9.17) is 4.74 Å². The van der Waals surface area contributed by atoms with Crippen molar-refractivity contribution >= 4 is 21.7 Å². The Morgan fingerprint density at radius 3 is 2.23 bits per heavy atom. The normalized spacial score (nSPS) is 11.0. The van der Waals surface area contributed by atoms with Gasteiger partial charge < -0.3 is 9.47 Å². The summed E-state index contributed by atoms with van der Waals surface area (Å²) < 4.78 is 49.9. The average Bonchev–Trinajstić information content (AvgIpc) is 2.65. The maximum atomic E-state index is 13.1. The van der Waals surface area contributed by atoms with Crippen molar-refractivity contribution in [2.45, 2.75) is 18.2 Å². The van der Waals surface area contributed by atoms with Crippen molar-refractivity contribution in [1.82, 2.24) is 0 Å². The molecule has 26 heavy (non-hydrogen) atoms. The minimum absolute atomic E-state index is 0.130. The number of hydrogen-bond acceptors (Lipinski definition) is 5. The summed E-state index contributed by atoms with van der Waals surface area (Å²) in [7, 11) is -2.91. The first-order valence-corrected chi connectivity index (χ1v) is 9.40. The van der Waals surface area contributed by atoms with Gasteiger partial charge in [-0.3, -0.25) is 9.10 Å². The molecular weight excluding hydrogens is 361 g/mol. The summed E-state index contributed by atoms with van der Waals surface area (Å²) in [5.74, 6) is -0.685. The van der Waals surface area contributed by atoms with E-state index in [0.717, 1.165) is 35.0 Å². The van der Waals surface area contributed by atoms with Crippen LogP contribution in [-0.2, 0) is 19.6 Å². The van der Waals surface area contributed by atoms with Gasteiger partial charge in [-0.05, 0) is 55.0 Å². The van der Waals surface area contributed by atoms with E-state index in [1.54, 1.807) is 12.1 Å². The first-order valence-electron chi connectivity index (χ1n) is 7.96. The summed E-state index contributed by atoms with van der Waals surface area (Å²) in [5.41, 5.74) is 0.267.